The van der Waals surface area contributed by atoms with Crippen molar-refractivity contribution in [1.82, 2.24) is 10.6 Å². The second kappa shape index (κ2) is 7.32. The molecule has 2 N–H and O–H groups in total. The molecule has 0 aliphatic carbocycles. The zero-order chi connectivity index (χ0) is 15.7. The third kappa shape index (κ3) is 5.02. The minimum Gasteiger partial charge on any atom is -0.349 e. The van der Waals surface area contributed by atoms with Crippen molar-refractivity contribution >= 4 is 30.1 Å². The summed E-state index contributed by atoms with van der Waals surface area (Å²) >= 11 is -0.174. The van der Waals surface area contributed by atoms with Gasteiger partial charge >= 0.3 is 5.51 Å². The Kier molecular flexibility index (Phi) is 5.86. The second-order valence-electron chi connectivity index (χ2n) is 5.85. The first-order chi connectivity index (χ1) is 10.4. The summed E-state index contributed by atoms with van der Waals surface area (Å²) in [7, 11) is 0. The number of hydrogen-bond donors (Lipinski definition) is 2. The smallest absolute Gasteiger partial charge is 0.349 e. The first kappa shape index (κ1) is 18.4. The number of carbonyl (C=O) groups excluding carboxylic acids is 1. The number of halogens is 4. The van der Waals surface area contributed by atoms with Gasteiger partial charge in [0.15, 0.2) is 0 Å². The molecule has 1 amide bonds. The molecule has 2 saturated heterocycles. The Balaban J connectivity index is 0.00000192. The Morgan fingerprint density at radius 2 is 1.70 bits per heavy atom. The molecule has 23 heavy (non-hydrogen) atoms. The number of benzene rings is 1. The Morgan fingerprint density at radius 1 is 1.13 bits per heavy atom. The molecule has 2 fully saturated rings. The van der Waals surface area contributed by atoms with Crippen LogP contribution in [-0.2, 0) is 0 Å². The van der Waals surface area contributed by atoms with Crippen LogP contribution in [0.2, 0.25) is 0 Å². The molecule has 3 nitrogen and oxygen atoms in total. The van der Waals surface area contributed by atoms with Crippen molar-refractivity contribution in [2.75, 3.05) is 0 Å². The van der Waals surface area contributed by atoms with Crippen molar-refractivity contribution in [3.05, 3.63) is 29.8 Å². The third-order valence-electron chi connectivity index (χ3n) is 4.16. The van der Waals surface area contributed by atoms with Gasteiger partial charge in [-0.25, -0.2) is 0 Å². The molecular formula is C15H18ClF3N2OS. The van der Waals surface area contributed by atoms with Crippen molar-refractivity contribution in [3.8, 4) is 0 Å². The zero-order valence-corrected chi connectivity index (χ0v) is 13.9. The maximum Gasteiger partial charge on any atom is 0.446 e. The molecule has 2 heterocycles. The van der Waals surface area contributed by atoms with Gasteiger partial charge in [-0.15, -0.1) is 12.4 Å². The van der Waals surface area contributed by atoms with Crippen LogP contribution < -0.4 is 10.6 Å². The van der Waals surface area contributed by atoms with E-state index in [4.69, 9.17) is 0 Å². The largest absolute Gasteiger partial charge is 0.446 e. The molecule has 0 saturated carbocycles. The van der Waals surface area contributed by atoms with E-state index < -0.39 is 5.51 Å². The van der Waals surface area contributed by atoms with Crippen molar-refractivity contribution < 1.29 is 18.0 Å². The van der Waals surface area contributed by atoms with Crippen LogP contribution in [0.5, 0.6) is 0 Å². The third-order valence-corrected chi connectivity index (χ3v) is 4.90. The lowest BCUT2D eigenvalue weighted by atomic mass is 9.99. The molecule has 2 aliphatic rings. The average molecular weight is 367 g/mol. The monoisotopic (exact) mass is 366 g/mol. The van der Waals surface area contributed by atoms with E-state index in [0.717, 1.165) is 25.7 Å². The fourth-order valence-corrected chi connectivity index (χ4v) is 3.79. The number of carbonyl (C=O) groups is 1. The molecule has 0 radical (unpaired) electrons. The highest BCUT2D eigenvalue weighted by Crippen LogP contribution is 2.36. The molecular weight excluding hydrogens is 349 g/mol. The standard InChI is InChI=1S/C15H17F3N2OS.ClH/c16-15(17,18)22-13-5-1-9(2-6-13)14(21)20-12-7-10-3-4-11(8-12)19-10;/h1-2,5-6,10-12,19H,3-4,7-8H2,(H,20,21);1H. The van der Waals surface area contributed by atoms with Crippen molar-refractivity contribution in [2.45, 2.75) is 54.2 Å². The predicted molar refractivity (Wildman–Crippen MR) is 86.0 cm³/mol. The molecule has 2 atom stereocenters. The molecule has 1 aromatic rings. The van der Waals surface area contributed by atoms with Gasteiger partial charge in [-0.3, -0.25) is 4.79 Å². The van der Waals surface area contributed by atoms with E-state index >= 15 is 0 Å². The van der Waals surface area contributed by atoms with Gasteiger partial charge in [0.25, 0.3) is 5.91 Å². The van der Waals surface area contributed by atoms with E-state index in [1.165, 1.54) is 24.3 Å². The number of piperidine rings is 1. The molecule has 128 valence electrons. The number of hydrogen-bond acceptors (Lipinski definition) is 3. The van der Waals surface area contributed by atoms with Gasteiger partial charge in [0.2, 0.25) is 0 Å². The lowest BCUT2D eigenvalue weighted by Gasteiger charge is -2.29. The fourth-order valence-electron chi connectivity index (χ4n) is 3.25. The van der Waals surface area contributed by atoms with Crippen LogP contribution in [0, 0.1) is 0 Å². The van der Waals surface area contributed by atoms with Gasteiger partial charge in [0.1, 0.15) is 0 Å². The molecule has 8 heteroatoms. The zero-order valence-electron chi connectivity index (χ0n) is 12.2. The van der Waals surface area contributed by atoms with Crippen LogP contribution in [0.3, 0.4) is 0 Å². The average Bonchev–Trinajstić information content (AvgIpc) is 2.77. The Labute approximate surface area is 143 Å². The molecule has 2 bridgehead atoms. The number of amides is 1. The maximum atomic E-state index is 12.3. The van der Waals surface area contributed by atoms with Crippen LogP contribution in [0.4, 0.5) is 13.2 Å². The van der Waals surface area contributed by atoms with Gasteiger partial charge in [-0.1, -0.05) is 0 Å². The van der Waals surface area contributed by atoms with E-state index in [1.807, 2.05) is 0 Å². The van der Waals surface area contributed by atoms with Crippen molar-refractivity contribution in [2.24, 2.45) is 0 Å². The highest BCUT2D eigenvalue weighted by Gasteiger charge is 2.34. The quantitative estimate of drug-likeness (QED) is 0.801. The topological polar surface area (TPSA) is 41.1 Å². The number of thioether (sulfide) groups is 1. The van der Waals surface area contributed by atoms with E-state index in [0.29, 0.717) is 17.6 Å². The summed E-state index contributed by atoms with van der Waals surface area (Å²) in [5, 5.41) is 6.50. The number of fused-ring (bicyclic) bond motifs is 2. The Hall–Kier alpha value is -0.920. The molecule has 2 unspecified atom stereocenters. The van der Waals surface area contributed by atoms with Crippen LogP contribution in [0.15, 0.2) is 29.2 Å². The first-order valence-corrected chi connectivity index (χ1v) is 8.13. The summed E-state index contributed by atoms with van der Waals surface area (Å²) in [5.74, 6) is -0.213. The second-order valence-corrected chi connectivity index (χ2v) is 6.99. The first-order valence-electron chi connectivity index (χ1n) is 7.32. The van der Waals surface area contributed by atoms with Gasteiger partial charge in [-0.05, 0) is 61.7 Å². The summed E-state index contributed by atoms with van der Waals surface area (Å²) in [6, 6.07) is 6.66. The number of nitrogens with one attached hydrogen (secondary N) is 2. The summed E-state index contributed by atoms with van der Waals surface area (Å²) < 4.78 is 36.8. The molecule has 0 spiro atoms. The van der Waals surface area contributed by atoms with Gasteiger partial charge in [0.05, 0.1) is 0 Å². The molecule has 2 aliphatic heterocycles. The predicted octanol–water partition coefficient (Wildman–Crippen LogP) is 3.73. The van der Waals surface area contributed by atoms with Gasteiger partial charge in [-0.2, -0.15) is 13.2 Å². The SMILES string of the molecule is Cl.O=C(NC1CC2CCC(C1)N2)c1ccc(SC(F)(F)F)cc1. The Morgan fingerprint density at radius 3 is 2.22 bits per heavy atom. The summed E-state index contributed by atoms with van der Waals surface area (Å²) in [4.78, 5) is 12.3. The Bertz CT molecular complexity index is 541. The lowest BCUT2D eigenvalue weighted by Crippen LogP contribution is -2.48. The number of alkyl halides is 3. The van der Waals surface area contributed by atoms with Crippen LogP contribution in [0.1, 0.15) is 36.0 Å². The van der Waals surface area contributed by atoms with Crippen molar-refractivity contribution in [3.63, 3.8) is 0 Å². The minimum atomic E-state index is -4.31. The summed E-state index contributed by atoms with van der Waals surface area (Å²) in [6.45, 7) is 0. The van der Waals surface area contributed by atoms with E-state index in [9.17, 15) is 18.0 Å². The van der Waals surface area contributed by atoms with Crippen LogP contribution in [0.25, 0.3) is 0 Å². The van der Waals surface area contributed by atoms with Crippen LogP contribution in [-0.4, -0.2) is 29.5 Å². The van der Waals surface area contributed by atoms with E-state index in [-0.39, 0.29) is 41.0 Å². The highest BCUT2D eigenvalue weighted by atomic mass is 35.5. The normalized spacial score (nSPS) is 26.5. The summed E-state index contributed by atoms with van der Waals surface area (Å²) in [6.07, 6.45) is 4.15. The molecule has 0 aromatic heterocycles. The molecule has 1 aromatic carbocycles. The van der Waals surface area contributed by atoms with E-state index in [1.54, 1.807) is 0 Å². The maximum absolute atomic E-state index is 12.3. The minimum absolute atomic E-state index is 0. The van der Waals surface area contributed by atoms with Gasteiger partial charge in [0, 0.05) is 28.6 Å². The number of rotatable bonds is 3. The highest BCUT2D eigenvalue weighted by molar-refractivity contribution is 8.00. The molecule has 3 rings (SSSR count). The van der Waals surface area contributed by atoms with Gasteiger partial charge < -0.3 is 10.6 Å². The van der Waals surface area contributed by atoms with Crippen LogP contribution >= 0.6 is 24.2 Å². The summed E-state index contributed by atoms with van der Waals surface area (Å²) in [5.41, 5.74) is -3.91. The van der Waals surface area contributed by atoms with E-state index in [2.05, 4.69) is 10.6 Å². The fraction of sp³-hybridized carbons (Fsp3) is 0.533. The lowest BCUT2D eigenvalue weighted by molar-refractivity contribution is -0.0328. The van der Waals surface area contributed by atoms with Crippen molar-refractivity contribution in [1.29, 1.82) is 0 Å².